The fourth-order valence-corrected chi connectivity index (χ4v) is 3.16. The molecule has 1 unspecified atom stereocenters. The predicted molar refractivity (Wildman–Crippen MR) is 89.0 cm³/mol. The summed E-state index contributed by atoms with van der Waals surface area (Å²) in [5.41, 5.74) is 4.04. The molecule has 0 aromatic heterocycles. The van der Waals surface area contributed by atoms with Gasteiger partial charge in [0.15, 0.2) is 0 Å². The molecule has 1 saturated heterocycles. The number of hydrazine groups is 1. The standard InChI is InChI=1S/C16H15Cl2N3O/c1-2-16(13-9-8-11(17)10-14(13)18)19-15(22)21(20-16)12-6-4-3-5-7-12/h3-10,20H,2H2,1H3,(H,19,22). The summed E-state index contributed by atoms with van der Waals surface area (Å²) >= 11 is 12.3. The summed E-state index contributed by atoms with van der Waals surface area (Å²) in [4.78, 5) is 12.4. The maximum Gasteiger partial charge on any atom is 0.338 e. The van der Waals surface area contributed by atoms with E-state index < -0.39 is 5.66 Å². The number of para-hydroxylation sites is 1. The molecule has 2 aromatic rings. The van der Waals surface area contributed by atoms with Gasteiger partial charge in [0.25, 0.3) is 0 Å². The molecule has 6 heteroatoms. The summed E-state index contributed by atoms with van der Waals surface area (Å²) < 4.78 is 0. The second-order valence-electron chi connectivity index (χ2n) is 5.10. The predicted octanol–water partition coefficient (Wildman–Crippen LogP) is 4.29. The summed E-state index contributed by atoms with van der Waals surface area (Å²) in [7, 11) is 0. The Morgan fingerprint density at radius 3 is 2.50 bits per heavy atom. The van der Waals surface area contributed by atoms with Crippen LogP contribution in [0.25, 0.3) is 0 Å². The monoisotopic (exact) mass is 335 g/mol. The number of benzene rings is 2. The van der Waals surface area contributed by atoms with Crippen LogP contribution in [-0.2, 0) is 5.66 Å². The first-order valence-electron chi connectivity index (χ1n) is 6.96. The van der Waals surface area contributed by atoms with Crippen LogP contribution in [0.15, 0.2) is 48.5 Å². The smallest absolute Gasteiger partial charge is 0.313 e. The first kappa shape index (κ1) is 15.2. The molecule has 1 aliphatic heterocycles. The number of halogens is 2. The van der Waals surface area contributed by atoms with Crippen LogP contribution >= 0.6 is 23.2 Å². The molecule has 4 nitrogen and oxygen atoms in total. The van der Waals surface area contributed by atoms with Crippen molar-refractivity contribution in [3.05, 3.63) is 64.1 Å². The summed E-state index contributed by atoms with van der Waals surface area (Å²) in [6.07, 6.45) is 0.628. The maximum atomic E-state index is 12.4. The highest BCUT2D eigenvalue weighted by atomic mass is 35.5. The van der Waals surface area contributed by atoms with E-state index in [2.05, 4.69) is 10.7 Å². The second-order valence-corrected chi connectivity index (χ2v) is 5.94. The Morgan fingerprint density at radius 2 is 1.86 bits per heavy atom. The van der Waals surface area contributed by atoms with Crippen LogP contribution in [0.4, 0.5) is 10.5 Å². The van der Waals surface area contributed by atoms with Gasteiger partial charge in [-0.25, -0.2) is 9.80 Å². The van der Waals surface area contributed by atoms with Gasteiger partial charge in [0, 0.05) is 15.6 Å². The zero-order valence-corrected chi connectivity index (χ0v) is 13.4. The molecule has 2 aromatic carbocycles. The first-order valence-corrected chi connectivity index (χ1v) is 7.72. The van der Waals surface area contributed by atoms with Crippen LogP contribution in [-0.4, -0.2) is 6.03 Å². The summed E-state index contributed by atoms with van der Waals surface area (Å²) in [6.45, 7) is 1.98. The normalized spacial score (nSPS) is 21.0. The molecule has 0 saturated carbocycles. The fourth-order valence-electron chi connectivity index (χ4n) is 2.59. The van der Waals surface area contributed by atoms with Crippen LogP contribution in [0.2, 0.25) is 10.0 Å². The van der Waals surface area contributed by atoms with Gasteiger partial charge in [-0.15, -0.1) is 0 Å². The number of carbonyl (C=O) groups excluding carboxylic acids is 1. The minimum Gasteiger partial charge on any atom is -0.313 e. The Balaban J connectivity index is 2.00. The van der Waals surface area contributed by atoms with E-state index in [0.717, 1.165) is 11.3 Å². The van der Waals surface area contributed by atoms with Gasteiger partial charge in [-0.1, -0.05) is 54.4 Å². The molecule has 0 spiro atoms. The molecule has 22 heavy (non-hydrogen) atoms. The lowest BCUT2D eigenvalue weighted by Crippen LogP contribution is -2.48. The molecule has 1 aliphatic rings. The van der Waals surface area contributed by atoms with E-state index in [0.29, 0.717) is 16.5 Å². The Hall–Kier alpha value is -1.75. The summed E-state index contributed by atoms with van der Waals surface area (Å²) in [5, 5.41) is 5.56. The molecule has 0 radical (unpaired) electrons. The number of anilines is 1. The summed E-state index contributed by atoms with van der Waals surface area (Å²) in [6, 6.07) is 14.4. The molecule has 3 rings (SSSR count). The van der Waals surface area contributed by atoms with Crippen LogP contribution in [0.5, 0.6) is 0 Å². The highest BCUT2D eigenvalue weighted by molar-refractivity contribution is 6.35. The van der Waals surface area contributed by atoms with Gasteiger partial charge in [0.05, 0.1) is 5.69 Å². The average Bonchev–Trinajstić information content (AvgIpc) is 2.86. The Bertz CT molecular complexity index is 708. The molecule has 0 aliphatic carbocycles. The Morgan fingerprint density at radius 1 is 1.14 bits per heavy atom. The minimum atomic E-state index is -0.755. The van der Waals surface area contributed by atoms with Crippen LogP contribution in [0.1, 0.15) is 18.9 Å². The number of rotatable bonds is 3. The number of nitrogens with one attached hydrogen (secondary N) is 2. The number of nitrogens with zero attached hydrogens (tertiary/aromatic N) is 1. The number of carbonyl (C=O) groups is 1. The molecule has 1 atom stereocenters. The van der Waals surface area contributed by atoms with Gasteiger partial charge in [0.1, 0.15) is 5.66 Å². The van der Waals surface area contributed by atoms with Crippen LogP contribution < -0.4 is 15.8 Å². The van der Waals surface area contributed by atoms with E-state index in [1.54, 1.807) is 12.1 Å². The zero-order valence-electron chi connectivity index (χ0n) is 11.9. The molecule has 0 bridgehead atoms. The van der Waals surface area contributed by atoms with Crippen LogP contribution in [0, 0.1) is 0 Å². The van der Waals surface area contributed by atoms with Crippen molar-refractivity contribution in [3.8, 4) is 0 Å². The lowest BCUT2D eigenvalue weighted by molar-refractivity contribution is 0.245. The molecular weight excluding hydrogens is 321 g/mol. The van der Waals surface area contributed by atoms with E-state index in [-0.39, 0.29) is 6.03 Å². The molecule has 114 valence electrons. The van der Waals surface area contributed by atoms with Crippen molar-refractivity contribution in [3.63, 3.8) is 0 Å². The van der Waals surface area contributed by atoms with Crippen molar-refractivity contribution < 1.29 is 4.79 Å². The van der Waals surface area contributed by atoms with Gasteiger partial charge < -0.3 is 5.32 Å². The van der Waals surface area contributed by atoms with Crippen molar-refractivity contribution in [2.75, 3.05) is 5.01 Å². The molecule has 1 heterocycles. The second kappa shape index (κ2) is 5.80. The van der Waals surface area contributed by atoms with Crippen molar-refractivity contribution in [2.45, 2.75) is 19.0 Å². The summed E-state index contributed by atoms with van der Waals surface area (Å²) in [5.74, 6) is 0. The number of urea groups is 1. The number of hydrogen-bond acceptors (Lipinski definition) is 2. The quantitative estimate of drug-likeness (QED) is 0.878. The maximum absolute atomic E-state index is 12.4. The average molecular weight is 336 g/mol. The molecule has 2 amide bonds. The highest BCUT2D eigenvalue weighted by Crippen LogP contribution is 2.34. The first-order chi connectivity index (χ1) is 10.6. The van der Waals surface area contributed by atoms with Crippen molar-refractivity contribution in [1.82, 2.24) is 10.7 Å². The lowest BCUT2D eigenvalue weighted by Gasteiger charge is -2.29. The third-order valence-electron chi connectivity index (χ3n) is 3.76. The van der Waals surface area contributed by atoms with Crippen LogP contribution in [0.3, 0.4) is 0 Å². The van der Waals surface area contributed by atoms with E-state index in [1.807, 2.05) is 43.3 Å². The molecule has 2 N–H and O–H groups in total. The van der Waals surface area contributed by atoms with Gasteiger partial charge in [-0.3, -0.25) is 0 Å². The topological polar surface area (TPSA) is 44.4 Å². The van der Waals surface area contributed by atoms with Crippen molar-refractivity contribution >= 4 is 34.9 Å². The van der Waals surface area contributed by atoms with E-state index in [4.69, 9.17) is 23.2 Å². The molecule has 1 fully saturated rings. The van der Waals surface area contributed by atoms with Gasteiger partial charge in [0.2, 0.25) is 0 Å². The fraction of sp³-hybridized carbons (Fsp3) is 0.188. The highest BCUT2D eigenvalue weighted by Gasteiger charge is 2.43. The number of amides is 2. The van der Waals surface area contributed by atoms with Crippen molar-refractivity contribution in [1.29, 1.82) is 0 Å². The third kappa shape index (κ3) is 2.54. The lowest BCUT2D eigenvalue weighted by atomic mass is 9.97. The van der Waals surface area contributed by atoms with E-state index in [9.17, 15) is 4.79 Å². The Labute approximate surface area is 139 Å². The van der Waals surface area contributed by atoms with Gasteiger partial charge in [-0.05, 0) is 30.7 Å². The SMILES string of the molecule is CCC1(c2ccc(Cl)cc2Cl)NC(=O)N(c2ccccc2)N1. The Kier molecular flexibility index (Phi) is 4.00. The van der Waals surface area contributed by atoms with E-state index >= 15 is 0 Å². The van der Waals surface area contributed by atoms with E-state index in [1.165, 1.54) is 5.01 Å². The van der Waals surface area contributed by atoms with Crippen molar-refractivity contribution in [2.24, 2.45) is 0 Å². The largest absolute Gasteiger partial charge is 0.338 e. The van der Waals surface area contributed by atoms with Gasteiger partial charge >= 0.3 is 6.03 Å². The minimum absolute atomic E-state index is 0.223. The molecular formula is C16H15Cl2N3O. The third-order valence-corrected chi connectivity index (χ3v) is 4.31. The van der Waals surface area contributed by atoms with Gasteiger partial charge in [-0.2, -0.15) is 5.43 Å². The zero-order chi connectivity index (χ0) is 15.7. The number of hydrogen-bond donors (Lipinski definition) is 2.